The summed E-state index contributed by atoms with van der Waals surface area (Å²) in [6, 6.07) is -0.0929. The van der Waals surface area contributed by atoms with Crippen LogP contribution < -0.4 is 10.6 Å². The molecular formula is C7H12N2OS2. The molecule has 3 nitrogen and oxygen atoms in total. The second kappa shape index (κ2) is 4.67. The van der Waals surface area contributed by atoms with Gasteiger partial charge in [-0.25, -0.2) is 0 Å². The van der Waals surface area contributed by atoms with Crippen LogP contribution >= 0.6 is 24.0 Å². The average molecular weight is 204 g/mol. The van der Waals surface area contributed by atoms with E-state index in [1.165, 1.54) is 0 Å². The van der Waals surface area contributed by atoms with E-state index < -0.39 is 0 Å². The summed E-state index contributed by atoms with van der Waals surface area (Å²) in [7, 11) is 0. The number of hydrogen-bond acceptors (Lipinski definition) is 3. The van der Waals surface area contributed by atoms with E-state index in [9.17, 15) is 4.79 Å². The number of carbonyl (C=O) groups excluding carboxylic acids is 1. The molecule has 0 radical (unpaired) electrons. The molecule has 1 unspecified atom stereocenters. The average Bonchev–Trinajstić information content (AvgIpc) is 2.31. The molecule has 1 aliphatic rings. The van der Waals surface area contributed by atoms with E-state index >= 15 is 0 Å². The van der Waals surface area contributed by atoms with Gasteiger partial charge in [0.15, 0.2) is 5.11 Å². The van der Waals surface area contributed by atoms with Gasteiger partial charge < -0.3 is 10.6 Å². The summed E-state index contributed by atoms with van der Waals surface area (Å²) in [6.45, 7) is 0. The molecule has 2 N–H and O–H groups in total. The van der Waals surface area contributed by atoms with Gasteiger partial charge in [0.25, 0.3) is 0 Å². The topological polar surface area (TPSA) is 41.1 Å². The van der Waals surface area contributed by atoms with E-state index in [4.69, 9.17) is 12.2 Å². The van der Waals surface area contributed by atoms with Crippen LogP contribution in [0.4, 0.5) is 0 Å². The second-order valence-corrected chi connectivity index (χ2v) is 4.04. The van der Waals surface area contributed by atoms with Gasteiger partial charge >= 0.3 is 0 Å². The third-order valence-electron chi connectivity index (χ3n) is 1.70. The van der Waals surface area contributed by atoms with E-state index in [1.807, 2.05) is 0 Å². The van der Waals surface area contributed by atoms with Crippen molar-refractivity contribution in [1.82, 2.24) is 10.6 Å². The standard InChI is InChI=1S/C7H12N2OS2/c1-12-4-2-3-5-6(10)9-7(11)8-5/h5H,2-4H2,1H3,(H2,8,9,10,11). The normalized spacial score (nSPS) is 22.2. The van der Waals surface area contributed by atoms with Crippen molar-refractivity contribution in [3.63, 3.8) is 0 Å². The molecular weight excluding hydrogens is 192 g/mol. The molecule has 12 heavy (non-hydrogen) atoms. The first kappa shape index (κ1) is 9.80. The minimum Gasteiger partial charge on any atom is -0.351 e. The number of rotatable bonds is 4. The Hall–Kier alpha value is -0.290. The van der Waals surface area contributed by atoms with Crippen LogP contribution in [0.5, 0.6) is 0 Å². The first-order chi connectivity index (χ1) is 5.74. The second-order valence-electron chi connectivity index (χ2n) is 2.65. The highest BCUT2D eigenvalue weighted by Crippen LogP contribution is 2.05. The van der Waals surface area contributed by atoms with Gasteiger partial charge in [0.1, 0.15) is 6.04 Å². The molecule has 0 aliphatic carbocycles. The van der Waals surface area contributed by atoms with Gasteiger partial charge in [0.05, 0.1) is 0 Å². The van der Waals surface area contributed by atoms with Crippen molar-refractivity contribution in [2.45, 2.75) is 18.9 Å². The van der Waals surface area contributed by atoms with Crippen molar-refractivity contribution in [1.29, 1.82) is 0 Å². The molecule has 0 aromatic carbocycles. The Balaban J connectivity index is 2.24. The summed E-state index contributed by atoms with van der Waals surface area (Å²) in [6.07, 6.45) is 3.98. The number of thioether (sulfide) groups is 1. The van der Waals surface area contributed by atoms with Gasteiger partial charge in [-0.05, 0) is 37.1 Å². The lowest BCUT2D eigenvalue weighted by molar-refractivity contribution is -0.120. The van der Waals surface area contributed by atoms with Gasteiger partial charge in [-0.3, -0.25) is 4.79 Å². The lowest BCUT2D eigenvalue weighted by Gasteiger charge is -2.05. The Bertz CT molecular complexity index is 196. The fourth-order valence-corrected chi connectivity index (χ4v) is 1.79. The van der Waals surface area contributed by atoms with Crippen LogP contribution in [0.2, 0.25) is 0 Å². The minimum absolute atomic E-state index is 0.0149. The van der Waals surface area contributed by atoms with Crippen LogP contribution in [-0.4, -0.2) is 29.1 Å². The molecule has 0 bridgehead atoms. The Morgan fingerprint density at radius 2 is 2.42 bits per heavy atom. The molecule has 1 rings (SSSR count). The summed E-state index contributed by atoms with van der Waals surface area (Å²) in [5.41, 5.74) is 0. The Labute approximate surface area is 81.7 Å². The summed E-state index contributed by atoms with van der Waals surface area (Å²) in [5, 5.41) is 5.96. The number of hydrogen-bond donors (Lipinski definition) is 2. The molecule has 1 atom stereocenters. The first-order valence-electron chi connectivity index (χ1n) is 3.84. The molecule has 1 aliphatic heterocycles. The van der Waals surface area contributed by atoms with E-state index in [2.05, 4.69) is 16.9 Å². The molecule has 5 heteroatoms. The summed E-state index contributed by atoms with van der Waals surface area (Å²) in [5.74, 6) is 1.11. The van der Waals surface area contributed by atoms with Gasteiger partial charge in [-0.2, -0.15) is 11.8 Å². The van der Waals surface area contributed by atoms with Gasteiger partial charge in [0.2, 0.25) is 5.91 Å². The number of carbonyl (C=O) groups is 1. The first-order valence-corrected chi connectivity index (χ1v) is 5.64. The number of amides is 1. The van der Waals surface area contributed by atoms with E-state index in [0.717, 1.165) is 18.6 Å². The van der Waals surface area contributed by atoms with Crippen molar-refractivity contribution < 1.29 is 4.79 Å². The van der Waals surface area contributed by atoms with Crippen molar-refractivity contribution in [2.24, 2.45) is 0 Å². The maximum absolute atomic E-state index is 11.1. The van der Waals surface area contributed by atoms with Crippen LogP contribution in [-0.2, 0) is 4.79 Å². The van der Waals surface area contributed by atoms with Gasteiger partial charge in [0, 0.05) is 0 Å². The Morgan fingerprint density at radius 3 is 2.92 bits per heavy atom. The van der Waals surface area contributed by atoms with E-state index in [0.29, 0.717) is 5.11 Å². The monoisotopic (exact) mass is 204 g/mol. The smallest absolute Gasteiger partial charge is 0.248 e. The fraction of sp³-hybridized carbons (Fsp3) is 0.714. The minimum atomic E-state index is -0.0929. The van der Waals surface area contributed by atoms with Crippen LogP contribution in [0.15, 0.2) is 0 Å². The molecule has 1 heterocycles. The summed E-state index contributed by atoms with van der Waals surface area (Å²) < 4.78 is 0. The Morgan fingerprint density at radius 1 is 1.67 bits per heavy atom. The number of thiocarbonyl (C=S) groups is 1. The molecule has 0 saturated carbocycles. The molecule has 0 aromatic rings. The fourth-order valence-electron chi connectivity index (χ4n) is 1.09. The largest absolute Gasteiger partial charge is 0.351 e. The molecule has 1 fully saturated rings. The maximum Gasteiger partial charge on any atom is 0.248 e. The SMILES string of the molecule is CSCCCC1NC(=S)NC1=O. The molecule has 1 saturated heterocycles. The van der Waals surface area contributed by atoms with Crippen LogP contribution in [0.25, 0.3) is 0 Å². The molecule has 1 amide bonds. The quantitative estimate of drug-likeness (QED) is 0.517. The van der Waals surface area contributed by atoms with Crippen molar-refractivity contribution in [3.8, 4) is 0 Å². The lowest BCUT2D eigenvalue weighted by atomic mass is 10.2. The van der Waals surface area contributed by atoms with Crippen LogP contribution in [0.1, 0.15) is 12.8 Å². The van der Waals surface area contributed by atoms with Crippen molar-refractivity contribution in [2.75, 3.05) is 12.0 Å². The summed E-state index contributed by atoms with van der Waals surface area (Å²) in [4.78, 5) is 11.1. The molecule has 0 spiro atoms. The highest BCUT2D eigenvalue weighted by molar-refractivity contribution is 7.98. The zero-order valence-corrected chi connectivity index (χ0v) is 8.56. The third kappa shape index (κ3) is 2.64. The zero-order chi connectivity index (χ0) is 8.97. The Kier molecular flexibility index (Phi) is 3.81. The van der Waals surface area contributed by atoms with Crippen molar-refractivity contribution >= 4 is 35.0 Å². The number of nitrogens with one attached hydrogen (secondary N) is 2. The van der Waals surface area contributed by atoms with E-state index in [-0.39, 0.29) is 11.9 Å². The molecule has 0 aromatic heterocycles. The van der Waals surface area contributed by atoms with Gasteiger partial charge in [-0.15, -0.1) is 0 Å². The van der Waals surface area contributed by atoms with Crippen LogP contribution in [0, 0.1) is 0 Å². The zero-order valence-electron chi connectivity index (χ0n) is 6.92. The highest BCUT2D eigenvalue weighted by atomic mass is 32.2. The maximum atomic E-state index is 11.1. The van der Waals surface area contributed by atoms with Gasteiger partial charge in [-0.1, -0.05) is 0 Å². The predicted octanol–water partition coefficient (Wildman–Crippen LogP) is 0.503. The van der Waals surface area contributed by atoms with Crippen molar-refractivity contribution in [3.05, 3.63) is 0 Å². The lowest BCUT2D eigenvalue weighted by Crippen LogP contribution is -2.28. The summed E-state index contributed by atoms with van der Waals surface area (Å²) >= 11 is 6.60. The molecule has 68 valence electrons. The van der Waals surface area contributed by atoms with Crippen LogP contribution in [0.3, 0.4) is 0 Å². The predicted molar refractivity (Wildman–Crippen MR) is 55.3 cm³/mol. The third-order valence-corrected chi connectivity index (χ3v) is 2.62. The highest BCUT2D eigenvalue weighted by Gasteiger charge is 2.25. The van der Waals surface area contributed by atoms with E-state index in [1.54, 1.807) is 11.8 Å².